The minimum atomic E-state index is 0.643. The number of benzene rings is 1. The Labute approximate surface area is 93.5 Å². The maximum atomic E-state index is 11.1. The van der Waals surface area contributed by atoms with Crippen molar-refractivity contribution in [2.75, 3.05) is 0 Å². The van der Waals surface area contributed by atoms with Crippen molar-refractivity contribution in [3.05, 3.63) is 34.5 Å². The number of nitrogens with zero attached hydrogens (tertiary/aromatic N) is 1. The van der Waals surface area contributed by atoms with Gasteiger partial charge >= 0.3 is 0 Å². The van der Waals surface area contributed by atoms with Gasteiger partial charge in [-0.15, -0.1) is 0 Å². The van der Waals surface area contributed by atoms with Gasteiger partial charge in [0.2, 0.25) is 0 Å². The predicted octanol–water partition coefficient (Wildman–Crippen LogP) is 3.21. The molecule has 0 N–H and O–H groups in total. The van der Waals surface area contributed by atoms with Crippen LogP contribution in [0.25, 0.3) is 10.9 Å². The molecule has 0 fully saturated rings. The largest absolute Gasteiger partial charge is 0.347 e. The highest BCUT2D eigenvalue weighted by molar-refractivity contribution is 6.36. The average Bonchev–Trinajstić information content (AvgIpc) is 2.53. The highest BCUT2D eigenvalue weighted by Crippen LogP contribution is 2.30. The summed E-state index contributed by atoms with van der Waals surface area (Å²) in [5.74, 6) is 0. The van der Waals surface area contributed by atoms with E-state index < -0.39 is 0 Å². The number of aldehydes is 1. The molecule has 0 amide bonds. The average molecular weight is 222 g/mol. The monoisotopic (exact) mass is 221 g/mol. The summed E-state index contributed by atoms with van der Waals surface area (Å²) >= 11 is 6.11. The Morgan fingerprint density at radius 2 is 2.20 bits per heavy atom. The summed E-state index contributed by atoms with van der Waals surface area (Å²) in [6.07, 6.45) is 1.72. The van der Waals surface area contributed by atoms with Gasteiger partial charge in [0.25, 0.3) is 0 Å². The van der Waals surface area contributed by atoms with Crippen molar-refractivity contribution in [3.8, 4) is 0 Å². The van der Waals surface area contributed by atoms with E-state index in [0.29, 0.717) is 5.02 Å². The van der Waals surface area contributed by atoms with Gasteiger partial charge in [0.1, 0.15) is 0 Å². The van der Waals surface area contributed by atoms with Crippen molar-refractivity contribution in [2.24, 2.45) is 7.05 Å². The third-order valence-electron chi connectivity index (χ3n) is 2.79. The zero-order valence-corrected chi connectivity index (χ0v) is 9.51. The summed E-state index contributed by atoms with van der Waals surface area (Å²) in [6.45, 7) is 2.04. The van der Waals surface area contributed by atoms with Crippen LogP contribution in [0.5, 0.6) is 0 Å². The van der Waals surface area contributed by atoms with E-state index in [4.69, 9.17) is 11.6 Å². The molecule has 0 bridgehead atoms. The summed E-state index contributed by atoms with van der Waals surface area (Å²) in [5.41, 5.74) is 2.77. The number of aromatic nitrogens is 1. The highest BCUT2D eigenvalue weighted by Gasteiger charge is 2.14. The fraction of sp³-hybridized carbons (Fsp3) is 0.250. The van der Waals surface area contributed by atoms with E-state index in [1.165, 1.54) is 0 Å². The molecule has 1 heterocycles. The number of carbonyl (C=O) groups is 1. The Kier molecular flexibility index (Phi) is 2.53. The van der Waals surface area contributed by atoms with E-state index >= 15 is 0 Å². The van der Waals surface area contributed by atoms with Gasteiger partial charge in [-0.1, -0.05) is 24.6 Å². The molecule has 1 aromatic carbocycles. The first-order valence-corrected chi connectivity index (χ1v) is 5.29. The van der Waals surface area contributed by atoms with Gasteiger partial charge in [-0.25, -0.2) is 0 Å². The number of carbonyl (C=O) groups excluding carboxylic acids is 1. The van der Waals surface area contributed by atoms with Crippen LogP contribution in [0.2, 0.25) is 5.02 Å². The van der Waals surface area contributed by atoms with Gasteiger partial charge in [0.15, 0.2) is 6.29 Å². The van der Waals surface area contributed by atoms with Crippen LogP contribution in [0, 0.1) is 0 Å². The summed E-state index contributed by atoms with van der Waals surface area (Å²) < 4.78 is 2.03. The van der Waals surface area contributed by atoms with E-state index in [9.17, 15) is 4.79 Å². The summed E-state index contributed by atoms with van der Waals surface area (Å²) in [6, 6.07) is 5.70. The van der Waals surface area contributed by atoms with Crippen LogP contribution < -0.4 is 0 Å². The first-order chi connectivity index (χ1) is 7.20. The second kappa shape index (κ2) is 3.70. The van der Waals surface area contributed by atoms with Gasteiger partial charge in [-0.05, 0) is 18.6 Å². The molecule has 2 aromatic rings. The van der Waals surface area contributed by atoms with E-state index in [0.717, 1.165) is 34.9 Å². The molecule has 2 nitrogen and oxygen atoms in total. The smallest absolute Gasteiger partial charge is 0.152 e. The maximum Gasteiger partial charge on any atom is 0.152 e. The number of hydrogen-bond donors (Lipinski definition) is 0. The fourth-order valence-corrected chi connectivity index (χ4v) is 2.36. The minimum absolute atomic E-state index is 0.643. The summed E-state index contributed by atoms with van der Waals surface area (Å²) in [5, 5.41) is 1.51. The van der Waals surface area contributed by atoms with Gasteiger partial charge < -0.3 is 4.57 Å². The van der Waals surface area contributed by atoms with Crippen LogP contribution in [-0.2, 0) is 13.5 Å². The Morgan fingerprint density at radius 3 is 2.80 bits per heavy atom. The molecular weight excluding hydrogens is 210 g/mol. The third-order valence-corrected chi connectivity index (χ3v) is 3.11. The van der Waals surface area contributed by atoms with Crippen molar-refractivity contribution in [2.45, 2.75) is 13.3 Å². The van der Waals surface area contributed by atoms with Crippen LogP contribution in [0.4, 0.5) is 0 Å². The molecule has 0 radical (unpaired) electrons. The van der Waals surface area contributed by atoms with Crippen molar-refractivity contribution in [3.63, 3.8) is 0 Å². The first-order valence-electron chi connectivity index (χ1n) is 4.91. The number of hydrogen-bond acceptors (Lipinski definition) is 1. The van der Waals surface area contributed by atoms with Crippen molar-refractivity contribution in [1.29, 1.82) is 0 Å². The first kappa shape index (κ1) is 10.2. The molecule has 0 saturated heterocycles. The van der Waals surface area contributed by atoms with E-state index in [2.05, 4.69) is 0 Å². The van der Waals surface area contributed by atoms with Crippen molar-refractivity contribution in [1.82, 2.24) is 4.57 Å². The van der Waals surface area contributed by atoms with Crippen molar-refractivity contribution < 1.29 is 4.79 Å². The zero-order chi connectivity index (χ0) is 11.0. The Bertz CT molecular complexity index is 528. The minimum Gasteiger partial charge on any atom is -0.347 e. The zero-order valence-electron chi connectivity index (χ0n) is 8.75. The second-order valence-corrected chi connectivity index (χ2v) is 3.93. The Balaban J connectivity index is 2.98. The van der Waals surface area contributed by atoms with E-state index in [1.807, 2.05) is 36.7 Å². The lowest BCUT2D eigenvalue weighted by Crippen LogP contribution is -1.96. The van der Waals surface area contributed by atoms with Crippen LogP contribution in [0.15, 0.2) is 18.2 Å². The lowest BCUT2D eigenvalue weighted by Gasteiger charge is -2.00. The van der Waals surface area contributed by atoms with Gasteiger partial charge in [0, 0.05) is 23.7 Å². The quantitative estimate of drug-likeness (QED) is 0.714. The molecular formula is C12H12ClNO. The molecule has 0 unspecified atom stereocenters. The van der Waals surface area contributed by atoms with E-state index in [1.54, 1.807) is 0 Å². The molecule has 0 saturated carbocycles. The molecule has 1 aromatic heterocycles. The third kappa shape index (κ3) is 1.37. The maximum absolute atomic E-state index is 11.1. The SMILES string of the molecule is CCc1c(C=O)c2c(Cl)cccc2n1C. The molecule has 78 valence electrons. The van der Waals surface area contributed by atoms with E-state index in [-0.39, 0.29) is 0 Å². The molecule has 3 heteroatoms. The molecule has 0 aliphatic rings. The van der Waals surface area contributed by atoms with Crippen LogP contribution in [0.3, 0.4) is 0 Å². The Hall–Kier alpha value is -1.28. The Morgan fingerprint density at radius 1 is 1.47 bits per heavy atom. The molecule has 0 atom stereocenters. The van der Waals surface area contributed by atoms with Crippen LogP contribution in [0.1, 0.15) is 23.0 Å². The van der Waals surface area contributed by atoms with Gasteiger partial charge in [-0.2, -0.15) is 0 Å². The number of fused-ring (bicyclic) bond motifs is 1. The molecule has 0 aliphatic carbocycles. The van der Waals surface area contributed by atoms with Crippen molar-refractivity contribution >= 4 is 28.8 Å². The number of rotatable bonds is 2. The molecule has 0 spiro atoms. The topological polar surface area (TPSA) is 22.0 Å². The summed E-state index contributed by atoms with van der Waals surface area (Å²) in [7, 11) is 1.96. The normalized spacial score (nSPS) is 10.9. The molecule has 0 aliphatic heterocycles. The van der Waals surface area contributed by atoms with Gasteiger partial charge in [0.05, 0.1) is 10.5 Å². The predicted molar refractivity (Wildman–Crippen MR) is 62.7 cm³/mol. The van der Waals surface area contributed by atoms with Crippen LogP contribution in [-0.4, -0.2) is 10.9 Å². The van der Waals surface area contributed by atoms with Gasteiger partial charge in [-0.3, -0.25) is 4.79 Å². The fourth-order valence-electron chi connectivity index (χ4n) is 2.08. The number of halogens is 1. The standard InChI is InChI=1S/C12H12ClNO/c1-3-10-8(7-15)12-9(13)5-4-6-11(12)14(10)2/h4-7H,3H2,1-2H3. The van der Waals surface area contributed by atoms with Crippen LogP contribution >= 0.6 is 11.6 Å². The molecule has 15 heavy (non-hydrogen) atoms. The summed E-state index contributed by atoms with van der Waals surface area (Å²) in [4.78, 5) is 11.1. The molecule has 2 rings (SSSR count). The lowest BCUT2D eigenvalue weighted by molar-refractivity contribution is 0.112. The lowest BCUT2D eigenvalue weighted by atomic mass is 10.1. The number of aryl methyl sites for hydroxylation is 1. The second-order valence-electron chi connectivity index (χ2n) is 3.52. The highest BCUT2D eigenvalue weighted by atomic mass is 35.5.